The van der Waals surface area contributed by atoms with Crippen LogP contribution >= 0.6 is 24.0 Å². The molecule has 0 aromatic heterocycles. The van der Waals surface area contributed by atoms with Crippen molar-refractivity contribution in [3.63, 3.8) is 0 Å². The van der Waals surface area contributed by atoms with Crippen LogP contribution in [0, 0.1) is 5.82 Å². The van der Waals surface area contributed by atoms with Gasteiger partial charge in [-0.2, -0.15) is 0 Å². The van der Waals surface area contributed by atoms with Crippen LogP contribution in [0.3, 0.4) is 0 Å². The minimum atomic E-state index is -0.244. The molecule has 1 amide bonds. The molecule has 2 N–H and O–H groups in total. The summed E-state index contributed by atoms with van der Waals surface area (Å²) in [6.07, 6.45) is 5.79. The molecule has 1 aliphatic carbocycles. The highest BCUT2D eigenvalue weighted by Gasteiger charge is 2.15. The maximum atomic E-state index is 13.0. The summed E-state index contributed by atoms with van der Waals surface area (Å²) < 4.78 is 13.0. The van der Waals surface area contributed by atoms with Crippen LogP contribution in [0.2, 0.25) is 0 Å². The fraction of sp³-hybridized carbons (Fsp3) is 0.579. The predicted molar refractivity (Wildman–Crippen MR) is 114 cm³/mol. The quantitative estimate of drug-likeness (QED) is 0.377. The molecule has 2 rings (SSSR count). The number of carbonyl (C=O) groups is 1. The Labute approximate surface area is 172 Å². The maximum absolute atomic E-state index is 13.0. The van der Waals surface area contributed by atoms with E-state index in [1.54, 1.807) is 12.1 Å². The molecular weight excluding hydrogens is 446 g/mol. The van der Waals surface area contributed by atoms with E-state index in [9.17, 15) is 9.18 Å². The van der Waals surface area contributed by atoms with E-state index in [1.165, 1.54) is 31.4 Å². The van der Waals surface area contributed by atoms with E-state index < -0.39 is 0 Å². The molecule has 1 fully saturated rings. The largest absolute Gasteiger partial charge is 0.357 e. The third kappa shape index (κ3) is 7.88. The summed E-state index contributed by atoms with van der Waals surface area (Å²) in [4.78, 5) is 18.5. The molecule has 0 radical (unpaired) electrons. The molecule has 146 valence electrons. The molecule has 0 bridgehead atoms. The van der Waals surface area contributed by atoms with E-state index in [0.29, 0.717) is 18.5 Å². The van der Waals surface area contributed by atoms with Crippen LogP contribution in [0.25, 0.3) is 0 Å². The van der Waals surface area contributed by atoms with Gasteiger partial charge in [-0.05, 0) is 37.5 Å². The van der Waals surface area contributed by atoms with Gasteiger partial charge in [0.05, 0.1) is 0 Å². The summed E-state index contributed by atoms with van der Waals surface area (Å²) in [5.41, 5.74) is 0.987. The Hall–Kier alpha value is -1.38. The monoisotopic (exact) mass is 476 g/mol. The first-order valence-corrected chi connectivity index (χ1v) is 9.11. The van der Waals surface area contributed by atoms with E-state index in [2.05, 4.69) is 15.6 Å². The van der Waals surface area contributed by atoms with Crippen LogP contribution < -0.4 is 10.6 Å². The molecule has 0 saturated heterocycles. The zero-order chi connectivity index (χ0) is 18.1. The Morgan fingerprint density at radius 2 is 1.88 bits per heavy atom. The van der Waals surface area contributed by atoms with Crippen LogP contribution in [-0.4, -0.2) is 42.9 Å². The fourth-order valence-corrected chi connectivity index (χ4v) is 3.08. The number of carbonyl (C=O) groups excluding carboxylic acids is 1. The molecule has 0 unspecified atom stereocenters. The first-order valence-electron chi connectivity index (χ1n) is 9.11. The lowest BCUT2D eigenvalue weighted by molar-refractivity contribution is -0.120. The number of hydrogen-bond acceptors (Lipinski definition) is 2. The topological polar surface area (TPSA) is 56.7 Å². The average Bonchev–Trinajstić information content (AvgIpc) is 2.61. The smallest absolute Gasteiger partial charge is 0.242 e. The zero-order valence-electron chi connectivity index (χ0n) is 15.6. The first-order chi connectivity index (χ1) is 12.1. The number of amides is 1. The third-order valence-electron chi connectivity index (χ3n) is 4.37. The van der Waals surface area contributed by atoms with Gasteiger partial charge in [-0.3, -0.25) is 4.79 Å². The van der Waals surface area contributed by atoms with Crippen molar-refractivity contribution in [2.75, 3.05) is 20.1 Å². The van der Waals surface area contributed by atoms with Gasteiger partial charge < -0.3 is 15.5 Å². The molecule has 0 heterocycles. The molecule has 0 aliphatic heterocycles. The van der Waals surface area contributed by atoms with Crippen LogP contribution in [0.1, 0.15) is 44.6 Å². The van der Waals surface area contributed by atoms with Gasteiger partial charge in [0.25, 0.3) is 0 Å². The lowest BCUT2D eigenvalue weighted by atomic mass is 9.95. The summed E-state index contributed by atoms with van der Waals surface area (Å²) in [7, 11) is 1.91. The van der Waals surface area contributed by atoms with E-state index in [4.69, 9.17) is 0 Å². The summed E-state index contributed by atoms with van der Waals surface area (Å²) in [5.74, 6) is 0.398. The number of nitrogens with zero attached hydrogens (tertiary/aromatic N) is 2. The Morgan fingerprint density at radius 3 is 2.50 bits per heavy atom. The van der Waals surface area contributed by atoms with Crippen molar-refractivity contribution >= 4 is 35.8 Å². The second-order valence-corrected chi connectivity index (χ2v) is 6.56. The van der Waals surface area contributed by atoms with Crippen molar-refractivity contribution in [3.8, 4) is 0 Å². The second kappa shape index (κ2) is 12.1. The van der Waals surface area contributed by atoms with Crippen molar-refractivity contribution in [1.82, 2.24) is 15.5 Å². The number of guanidine groups is 1. The highest BCUT2D eigenvalue weighted by atomic mass is 127. The highest BCUT2D eigenvalue weighted by molar-refractivity contribution is 14.0. The number of hydrogen-bond donors (Lipinski definition) is 2. The van der Waals surface area contributed by atoms with E-state index in [0.717, 1.165) is 24.9 Å². The van der Waals surface area contributed by atoms with Crippen LogP contribution in [0.15, 0.2) is 29.3 Å². The van der Waals surface area contributed by atoms with Crippen LogP contribution in [-0.2, 0) is 11.3 Å². The number of benzene rings is 1. The van der Waals surface area contributed by atoms with Crippen LogP contribution in [0.4, 0.5) is 4.39 Å². The zero-order valence-corrected chi connectivity index (χ0v) is 18.0. The van der Waals surface area contributed by atoms with Crippen molar-refractivity contribution in [2.24, 2.45) is 4.99 Å². The third-order valence-corrected chi connectivity index (χ3v) is 4.37. The highest BCUT2D eigenvalue weighted by Crippen LogP contribution is 2.17. The predicted octanol–water partition coefficient (Wildman–Crippen LogP) is 3.29. The molecule has 1 saturated carbocycles. The Bertz CT molecular complexity index is 573. The molecule has 0 atom stereocenters. The average molecular weight is 476 g/mol. The molecule has 5 nitrogen and oxygen atoms in total. The molecule has 0 spiro atoms. The number of aliphatic imine (C=N–C) groups is 1. The molecule has 7 heteroatoms. The second-order valence-electron chi connectivity index (χ2n) is 6.56. The van der Waals surface area contributed by atoms with Crippen molar-refractivity contribution < 1.29 is 9.18 Å². The van der Waals surface area contributed by atoms with Gasteiger partial charge in [0.2, 0.25) is 5.91 Å². The molecule has 1 aromatic rings. The van der Waals surface area contributed by atoms with Crippen LogP contribution in [0.5, 0.6) is 0 Å². The fourth-order valence-electron chi connectivity index (χ4n) is 3.08. The minimum absolute atomic E-state index is 0. The van der Waals surface area contributed by atoms with E-state index in [-0.39, 0.29) is 42.2 Å². The molecular formula is C19H30FIN4O. The van der Waals surface area contributed by atoms with Crippen molar-refractivity contribution in [2.45, 2.75) is 51.6 Å². The Morgan fingerprint density at radius 1 is 1.23 bits per heavy atom. The number of halogens is 2. The van der Waals surface area contributed by atoms with Gasteiger partial charge in [-0.1, -0.05) is 31.4 Å². The van der Waals surface area contributed by atoms with E-state index in [1.807, 2.05) is 18.9 Å². The van der Waals surface area contributed by atoms with Gasteiger partial charge in [-0.15, -0.1) is 24.0 Å². The summed E-state index contributed by atoms with van der Waals surface area (Å²) in [6, 6.07) is 6.71. The van der Waals surface area contributed by atoms with Crippen molar-refractivity contribution in [3.05, 3.63) is 35.6 Å². The Kier molecular flexibility index (Phi) is 10.5. The van der Waals surface area contributed by atoms with Gasteiger partial charge in [0.15, 0.2) is 5.96 Å². The number of rotatable bonds is 6. The lowest BCUT2D eigenvalue weighted by Crippen LogP contribution is -2.41. The van der Waals surface area contributed by atoms with Gasteiger partial charge in [0.1, 0.15) is 12.4 Å². The minimum Gasteiger partial charge on any atom is -0.357 e. The SMILES string of the molecule is CCNC(=NCC(=O)NC1CCCCC1)N(C)Cc1ccc(F)cc1.I. The number of nitrogens with one attached hydrogen (secondary N) is 2. The molecule has 26 heavy (non-hydrogen) atoms. The standard InChI is InChI=1S/C19H29FN4O.HI/c1-3-21-19(24(2)14-15-9-11-16(20)12-10-15)22-13-18(25)23-17-7-5-4-6-8-17;/h9-12,17H,3-8,13-14H2,1-2H3,(H,21,22)(H,23,25);1H. The normalized spacial score (nSPS) is 15.1. The molecule has 1 aliphatic rings. The van der Waals surface area contributed by atoms with E-state index >= 15 is 0 Å². The summed E-state index contributed by atoms with van der Waals surface area (Å²) in [5, 5.41) is 6.27. The lowest BCUT2D eigenvalue weighted by Gasteiger charge is -2.23. The van der Waals surface area contributed by atoms with Gasteiger partial charge >= 0.3 is 0 Å². The summed E-state index contributed by atoms with van der Waals surface area (Å²) >= 11 is 0. The summed E-state index contributed by atoms with van der Waals surface area (Å²) in [6.45, 7) is 3.42. The van der Waals surface area contributed by atoms with Gasteiger partial charge in [0, 0.05) is 26.2 Å². The Balaban J connectivity index is 0.00000338. The van der Waals surface area contributed by atoms with Crippen molar-refractivity contribution in [1.29, 1.82) is 0 Å². The molecule has 1 aromatic carbocycles. The van der Waals surface area contributed by atoms with Gasteiger partial charge in [-0.25, -0.2) is 9.38 Å². The maximum Gasteiger partial charge on any atom is 0.242 e. The first kappa shape index (κ1) is 22.7.